The minimum atomic E-state index is -0.256. The number of carbonyl (C=O) groups is 2. The lowest BCUT2D eigenvalue weighted by atomic mass is 9.91. The predicted octanol–water partition coefficient (Wildman–Crippen LogP) is 3.67. The quantitative estimate of drug-likeness (QED) is 0.824. The molecule has 5 nitrogen and oxygen atoms in total. The maximum absolute atomic E-state index is 13.0. The molecule has 0 bridgehead atoms. The molecule has 158 valence electrons. The molecule has 1 aliphatic heterocycles. The second-order valence-electron chi connectivity index (χ2n) is 8.32. The van der Waals surface area contributed by atoms with Crippen LogP contribution in [0.4, 0.5) is 0 Å². The van der Waals surface area contributed by atoms with Crippen LogP contribution in [0.2, 0.25) is 0 Å². The van der Waals surface area contributed by atoms with Gasteiger partial charge in [-0.1, -0.05) is 55.3 Å². The normalized spacial score (nSPS) is 20.0. The van der Waals surface area contributed by atoms with Crippen LogP contribution in [0.15, 0.2) is 48.5 Å². The number of nitrogens with zero attached hydrogens (tertiary/aromatic N) is 1. The molecule has 1 aliphatic carbocycles. The van der Waals surface area contributed by atoms with Crippen molar-refractivity contribution in [2.24, 2.45) is 11.8 Å². The van der Waals surface area contributed by atoms with Crippen molar-refractivity contribution in [2.45, 2.75) is 32.1 Å². The van der Waals surface area contributed by atoms with Gasteiger partial charge in [-0.3, -0.25) is 9.59 Å². The first-order chi connectivity index (χ1) is 14.7. The van der Waals surface area contributed by atoms with Gasteiger partial charge in [-0.15, -0.1) is 0 Å². The molecule has 30 heavy (non-hydrogen) atoms. The van der Waals surface area contributed by atoms with Crippen LogP contribution < -0.4 is 10.1 Å². The molecule has 5 heteroatoms. The Balaban J connectivity index is 1.58. The van der Waals surface area contributed by atoms with E-state index >= 15 is 0 Å². The Bertz CT molecular complexity index is 905. The third-order valence-corrected chi connectivity index (χ3v) is 6.39. The summed E-state index contributed by atoms with van der Waals surface area (Å²) in [6.07, 6.45) is 4.83. The molecule has 2 aromatic carbocycles. The highest BCUT2D eigenvalue weighted by Crippen LogP contribution is 2.33. The summed E-state index contributed by atoms with van der Waals surface area (Å²) in [5.41, 5.74) is 3.18. The Morgan fingerprint density at radius 2 is 1.77 bits per heavy atom. The third-order valence-electron chi connectivity index (χ3n) is 6.39. The summed E-state index contributed by atoms with van der Waals surface area (Å²) in [4.78, 5) is 27.7. The highest BCUT2D eigenvalue weighted by Gasteiger charge is 2.32. The Morgan fingerprint density at radius 1 is 1.07 bits per heavy atom. The van der Waals surface area contributed by atoms with E-state index in [9.17, 15) is 9.59 Å². The number of benzene rings is 2. The first-order valence-corrected chi connectivity index (χ1v) is 10.9. The van der Waals surface area contributed by atoms with Gasteiger partial charge in [-0.25, -0.2) is 0 Å². The standard InChI is InChI=1S/C25H30N2O3/c1-30-23-13-7-6-12-22(23)21-11-5-4-10-19(21)16-20-17-27(15-14-26-24(20)28)25(29)18-8-2-3-9-18/h4-7,10-13,18,20H,2-3,8-9,14-17H2,1H3,(H,26,28)/t20-/m0/s1. The smallest absolute Gasteiger partial charge is 0.225 e. The topological polar surface area (TPSA) is 58.6 Å². The van der Waals surface area contributed by atoms with Crippen LogP contribution in [0.25, 0.3) is 11.1 Å². The Labute approximate surface area is 178 Å². The molecule has 1 saturated carbocycles. The molecule has 4 rings (SSSR count). The maximum atomic E-state index is 13.0. The van der Waals surface area contributed by atoms with Gasteiger partial charge in [-0.2, -0.15) is 0 Å². The highest BCUT2D eigenvalue weighted by molar-refractivity contribution is 5.84. The molecule has 2 aromatic rings. The molecule has 0 radical (unpaired) electrons. The molecule has 0 spiro atoms. The molecule has 2 fully saturated rings. The van der Waals surface area contributed by atoms with E-state index in [0.717, 1.165) is 48.1 Å². The fourth-order valence-electron chi connectivity index (χ4n) is 4.78. The largest absolute Gasteiger partial charge is 0.496 e. The lowest BCUT2D eigenvalue weighted by Gasteiger charge is -2.26. The van der Waals surface area contributed by atoms with E-state index in [-0.39, 0.29) is 23.7 Å². The molecule has 1 atom stereocenters. The van der Waals surface area contributed by atoms with E-state index in [4.69, 9.17) is 4.74 Å². The first-order valence-electron chi connectivity index (χ1n) is 10.9. The predicted molar refractivity (Wildman–Crippen MR) is 117 cm³/mol. The zero-order chi connectivity index (χ0) is 20.9. The second kappa shape index (κ2) is 9.33. The molecule has 1 heterocycles. The van der Waals surface area contributed by atoms with E-state index in [0.29, 0.717) is 26.1 Å². The number of hydrogen-bond donors (Lipinski definition) is 1. The summed E-state index contributed by atoms with van der Waals surface area (Å²) in [5.74, 6) is 0.959. The number of nitrogens with one attached hydrogen (secondary N) is 1. The summed E-state index contributed by atoms with van der Waals surface area (Å²) < 4.78 is 5.56. The van der Waals surface area contributed by atoms with Crippen LogP contribution >= 0.6 is 0 Å². The van der Waals surface area contributed by atoms with Gasteiger partial charge in [0.15, 0.2) is 0 Å². The van der Waals surface area contributed by atoms with Crippen LogP contribution in [-0.2, 0) is 16.0 Å². The van der Waals surface area contributed by atoms with Crippen molar-refractivity contribution in [3.8, 4) is 16.9 Å². The number of rotatable bonds is 5. The van der Waals surface area contributed by atoms with Crippen molar-refractivity contribution in [2.75, 3.05) is 26.7 Å². The van der Waals surface area contributed by atoms with Crippen molar-refractivity contribution >= 4 is 11.8 Å². The summed E-state index contributed by atoms with van der Waals surface area (Å²) in [6.45, 7) is 1.62. The summed E-state index contributed by atoms with van der Waals surface area (Å²) >= 11 is 0. The summed E-state index contributed by atoms with van der Waals surface area (Å²) in [7, 11) is 1.67. The lowest BCUT2D eigenvalue weighted by Crippen LogP contribution is -2.40. The number of carbonyl (C=O) groups excluding carboxylic acids is 2. The zero-order valence-corrected chi connectivity index (χ0v) is 17.6. The van der Waals surface area contributed by atoms with Crippen LogP contribution in [0, 0.1) is 11.8 Å². The van der Waals surface area contributed by atoms with Gasteiger partial charge < -0.3 is 15.0 Å². The van der Waals surface area contributed by atoms with Crippen LogP contribution in [-0.4, -0.2) is 43.5 Å². The highest BCUT2D eigenvalue weighted by atomic mass is 16.5. The molecular weight excluding hydrogens is 376 g/mol. The molecule has 1 saturated heterocycles. The average molecular weight is 407 g/mol. The van der Waals surface area contributed by atoms with E-state index in [1.807, 2.05) is 41.3 Å². The van der Waals surface area contributed by atoms with Gasteiger partial charge in [0.2, 0.25) is 11.8 Å². The second-order valence-corrected chi connectivity index (χ2v) is 8.32. The molecule has 0 aromatic heterocycles. The van der Waals surface area contributed by atoms with E-state index in [1.165, 1.54) is 0 Å². The Morgan fingerprint density at radius 3 is 2.53 bits per heavy atom. The molecule has 2 amide bonds. The minimum Gasteiger partial charge on any atom is -0.496 e. The first kappa shape index (κ1) is 20.5. The third kappa shape index (κ3) is 4.35. The number of methoxy groups -OCH3 is 1. The Hall–Kier alpha value is -2.82. The van der Waals surface area contributed by atoms with Gasteiger partial charge in [-0.05, 0) is 36.5 Å². The number of para-hydroxylation sites is 1. The van der Waals surface area contributed by atoms with Crippen molar-refractivity contribution in [3.63, 3.8) is 0 Å². The van der Waals surface area contributed by atoms with Crippen LogP contribution in [0.5, 0.6) is 5.75 Å². The molecule has 0 unspecified atom stereocenters. The molecule has 1 N–H and O–H groups in total. The molecule has 2 aliphatic rings. The van der Waals surface area contributed by atoms with Gasteiger partial charge in [0.05, 0.1) is 13.0 Å². The fourth-order valence-corrected chi connectivity index (χ4v) is 4.78. The minimum absolute atomic E-state index is 0.0338. The molecular formula is C25H30N2O3. The zero-order valence-electron chi connectivity index (χ0n) is 17.6. The monoisotopic (exact) mass is 406 g/mol. The summed E-state index contributed by atoms with van der Waals surface area (Å²) in [5, 5.41) is 3.01. The van der Waals surface area contributed by atoms with E-state index in [1.54, 1.807) is 7.11 Å². The number of hydrogen-bond acceptors (Lipinski definition) is 3. The maximum Gasteiger partial charge on any atom is 0.225 e. The SMILES string of the molecule is COc1ccccc1-c1ccccc1C[C@H]1CN(C(=O)C2CCCC2)CCNC1=O. The van der Waals surface area contributed by atoms with Crippen molar-refractivity contribution in [1.29, 1.82) is 0 Å². The van der Waals surface area contributed by atoms with E-state index in [2.05, 4.69) is 17.4 Å². The van der Waals surface area contributed by atoms with Crippen molar-refractivity contribution < 1.29 is 14.3 Å². The van der Waals surface area contributed by atoms with Crippen molar-refractivity contribution in [1.82, 2.24) is 10.2 Å². The van der Waals surface area contributed by atoms with Gasteiger partial charge in [0.25, 0.3) is 0 Å². The van der Waals surface area contributed by atoms with Crippen LogP contribution in [0.3, 0.4) is 0 Å². The number of ether oxygens (including phenoxy) is 1. The Kier molecular flexibility index (Phi) is 6.36. The lowest BCUT2D eigenvalue weighted by molar-refractivity contribution is -0.136. The van der Waals surface area contributed by atoms with Crippen molar-refractivity contribution in [3.05, 3.63) is 54.1 Å². The number of amides is 2. The van der Waals surface area contributed by atoms with Gasteiger partial charge in [0.1, 0.15) is 5.75 Å². The van der Waals surface area contributed by atoms with Crippen LogP contribution in [0.1, 0.15) is 31.2 Å². The van der Waals surface area contributed by atoms with E-state index < -0.39 is 0 Å². The average Bonchev–Trinajstić information content (AvgIpc) is 3.26. The van der Waals surface area contributed by atoms with Gasteiger partial charge in [0, 0.05) is 31.1 Å². The summed E-state index contributed by atoms with van der Waals surface area (Å²) in [6, 6.07) is 16.1. The fraction of sp³-hybridized carbons (Fsp3) is 0.440. The van der Waals surface area contributed by atoms with Gasteiger partial charge >= 0.3 is 0 Å².